The fraction of sp³-hybridized carbons (Fsp3) is 0.625. The number of carbonyl (C=O) groups is 1. The first-order valence-corrected chi connectivity index (χ1v) is 3.77. The standard InChI is InChI=1S/C8H14N2O/c1-4-7(5-2)8(11)6(3)10-9/h7,9H,3-5H2,1-2H3. The Balaban J connectivity index is 4.20. The average molecular weight is 154 g/mol. The van der Waals surface area contributed by atoms with Crippen molar-refractivity contribution in [3.05, 3.63) is 12.3 Å². The van der Waals surface area contributed by atoms with Crippen molar-refractivity contribution in [1.29, 1.82) is 5.53 Å². The molecule has 1 N–H and O–H groups in total. The molecule has 0 atom stereocenters. The van der Waals surface area contributed by atoms with E-state index in [1.54, 1.807) is 0 Å². The van der Waals surface area contributed by atoms with E-state index in [2.05, 4.69) is 11.7 Å². The van der Waals surface area contributed by atoms with Gasteiger partial charge >= 0.3 is 0 Å². The summed E-state index contributed by atoms with van der Waals surface area (Å²) in [4.78, 5) is 11.2. The molecule has 3 heteroatoms. The van der Waals surface area contributed by atoms with Crippen LogP contribution in [0.4, 0.5) is 0 Å². The Hall–Kier alpha value is -0.990. The second-order valence-electron chi connectivity index (χ2n) is 2.44. The van der Waals surface area contributed by atoms with Crippen molar-refractivity contribution in [2.75, 3.05) is 0 Å². The number of Topliss-reactive ketones (excluding diaryl/α,β-unsaturated/α-hetero) is 1. The van der Waals surface area contributed by atoms with Crippen LogP contribution in [0.25, 0.3) is 0 Å². The summed E-state index contributed by atoms with van der Waals surface area (Å²) in [6, 6.07) is 0. The van der Waals surface area contributed by atoms with Gasteiger partial charge in [-0.15, -0.1) is 0 Å². The van der Waals surface area contributed by atoms with Gasteiger partial charge in [0, 0.05) is 5.92 Å². The Kier molecular flexibility index (Phi) is 4.34. The predicted molar refractivity (Wildman–Crippen MR) is 43.4 cm³/mol. The van der Waals surface area contributed by atoms with E-state index in [-0.39, 0.29) is 17.4 Å². The molecule has 0 aromatic heterocycles. The zero-order valence-corrected chi connectivity index (χ0v) is 7.05. The van der Waals surface area contributed by atoms with E-state index in [1.165, 1.54) is 0 Å². The van der Waals surface area contributed by atoms with Crippen molar-refractivity contribution in [3.8, 4) is 0 Å². The largest absolute Gasteiger partial charge is 0.292 e. The van der Waals surface area contributed by atoms with Gasteiger partial charge in [0.05, 0.1) is 0 Å². The van der Waals surface area contributed by atoms with Crippen LogP contribution in [0.1, 0.15) is 26.7 Å². The van der Waals surface area contributed by atoms with Crippen LogP contribution in [0.3, 0.4) is 0 Å². The van der Waals surface area contributed by atoms with Gasteiger partial charge in [-0.05, 0) is 12.8 Å². The number of allylic oxidation sites excluding steroid dienone is 1. The number of nitrogens with one attached hydrogen (secondary N) is 1. The van der Waals surface area contributed by atoms with Crippen molar-refractivity contribution in [3.63, 3.8) is 0 Å². The predicted octanol–water partition coefficient (Wildman–Crippen LogP) is 2.54. The normalized spacial score (nSPS) is 9.73. The maximum absolute atomic E-state index is 11.2. The second kappa shape index (κ2) is 4.77. The lowest BCUT2D eigenvalue weighted by molar-refractivity contribution is -0.119. The number of carbonyl (C=O) groups excluding carboxylic acids is 1. The summed E-state index contributed by atoms with van der Waals surface area (Å²) in [6.07, 6.45) is 1.59. The van der Waals surface area contributed by atoms with Crippen molar-refractivity contribution < 1.29 is 4.79 Å². The molecule has 0 unspecified atom stereocenters. The maximum atomic E-state index is 11.2. The molecule has 0 aromatic carbocycles. The first kappa shape index (κ1) is 10.0. The molecule has 11 heavy (non-hydrogen) atoms. The zero-order valence-electron chi connectivity index (χ0n) is 7.05. The lowest BCUT2D eigenvalue weighted by atomic mass is 9.97. The minimum atomic E-state index is -0.0926. The van der Waals surface area contributed by atoms with Crippen molar-refractivity contribution >= 4 is 5.78 Å². The Morgan fingerprint density at radius 1 is 1.55 bits per heavy atom. The number of hydrogen-bond acceptors (Lipinski definition) is 3. The lowest BCUT2D eigenvalue weighted by Crippen LogP contribution is -2.13. The van der Waals surface area contributed by atoms with Crippen molar-refractivity contribution in [1.82, 2.24) is 0 Å². The van der Waals surface area contributed by atoms with Gasteiger partial charge in [-0.1, -0.05) is 20.4 Å². The van der Waals surface area contributed by atoms with Crippen LogP contribution in [0.15, 0.2) is 17.4 Å². The van der Waals surface area contributed by atoms with Crippen LogP contribution in [-0.4, -0.2) is 5.78 Å². The molecule has 3 nitrogen and oxygen atoms in total. The van der Waals surface area contributed by atoms with Gasteiger partial charge in [0.15, 0.2) is 5.78 Å². The highest BCUT2D eigenvalue weighted by Crippen LogP contribution is 2.13. The fourth-order valence-electron chi connectivity index (χ4n) is 0.950. The van der Waals surface area contributed by atoms with Crippen molar-refractivity contribution in [2.45, 2.75) is 26.7 Å². The van der Waals surface area contributed by atoms with E-state index < -0.39 is 0 Å². The molecule has 0 spiro atoms. The molecule has 0 bridgehead atoms. The molecule has 0 saturated carbocycles. The topological polar surface area (TPSA) is 53.3 Å². The molecular formula is C8H14N2O. The third-order valence-corrected chi connectivity index (χ3v) is 1.78. The third-order valence-electron chi connectivity index (χ3n) is 1.78. The van der Waals surface area contributed by atoms with E-state index in [4.69, 9.17) is 5.53 Å². The molecule has 0 rings (SSSR count). The van der Waals surface area contributed by atoms with E-state index in [1.807, 2.05) is 13.8 Å². The Morgan fingerprint density at radius 2 is 2.00 bits per heavy atom. The van der Waals surface area contributed by atoms with E-state index >= 15 is 0 Å². The van der Waals surface area contributed by atoms with Gasteiger partial charge in [0.25, 0.3) is 0 Å². The summed E-state index contributed by atoms with van der Waals surface area (Å²) in [5, 5.41) is 3.01. The van der Waals surface area contributed by atoms with Crippen LogP contribution in [0.2, 0.25) is 0 Å². The minimum Gasteiger partial charge on any atom is -0.292 e. The van der Waals surface area contributed by atoms with Gasteiger partial charge < -0.3 is 0 Å². The smallest absolute Gasteiger partial charge is 0.185 e. The lowest BCUT2D eigenvalue weighted by Gasteiger charge is -2.08. The first-order chi connectivity index (χ1) is 5.17. The van der Waals surface area contributed by atoms with Crippen LogP contribution in [0.5, 0.6) is 0 Å². The molecule has 0 heterocycles. The Labute approximate surface area is 67.0 Å². The number of ketones is 1. The molecule has 0 amide bonds. The molecule has 0 fully saturated rings. The molecule has 0 saturated heterocycles. The number of rotatable bonds is 5. The Bertz CT molecular complexity index is 171. The Morgan fingerprint density at radius 3 is 2.27 bits per heavy atom. The van der Waals surface area contributed by atoms with Crippen molar-refractivity contribution in [2.24, 2.45) is 11.0 Å². The molecule has 0 aliphatic heterocycles. The van der Waals surface area contributed by atoms with E-state index in [0.29, 0.717) is 0 Å². The van der Waals surface area contributed by atoms with Gasteiger partial charge in [-0.2, -0.15) is 5.11 Å². The maximum Gasteiger partial charge on any atom is 0.185 e. The van der Waals surface area contributed by atoms with Gasteiger partial charge in [-0.3, -0.25) is 4.79 Å². The average Bonchev–Trinajstić information content (AvgIpc) is 2.05. The van der Waals surface area contributed by atoms with Gasteiger partial charge in [0.2, 0.25) is 0 Å². The molecule has 0 radical (unpaired) electrons. The molecule has 62 valence electrons. The van der Waals surface area contributed by atoms with Crippen LogP contribution in [0, 0.1) is 11.4 Å². The quantitative estimate of drug-likeness (QED) is 0.480. The zero-order chi connectivity index (χ0) is 8.85. The van der Waals surface area contributed by atoms with E-state index in [0.717, 1.165) is 12.8 Å². The highest BCUT2D eigenvalue weighted by molar-refractivity contribution is 5.95. The summed E-state index contributed by atoms with van der Waals surface area (Å²) >= 11 is 0. The summed E-state index contributed by atoms with van der Waals surface area (Å²) in [5.74, 6) is -0.0957. The highest BCUT2D eigenvalue weighted by atomic mass is 16.1. The summed E-state index contributed by atoms with van der Waals surface area (Å²) in [5.41, 5.74) is 6.66. The highest BCUT2D eigenvalue weighted by Gasteiger charge is 2.16. The fourth-order valence-corrected chi connectivity index (χ4v) is 0.950. The number of hydrogen-bond donors (Lipinski definition) is 1. The van der Waals surface area contributed by atoms with Crippen LogP contribution in [-0.2, 0) is 4.79 Å². The second-order valence-corrected chi connectivity index (χ2v) is 2.44. The van der Waals surface area contributed by atoms with Crippen LogP contribution >= 0.6 is 0 Å². The summed E-state index contributed by atoms with van der Waals surface area (Å²) in [6.45, 7) is 7.28. The van der Waals surface area contributed by atoms with Crippen LogP contribution < -0.4 is 0 Å². The molecule has 0 aliphatic rings. The first-order valence-electron chi connectivity index (χ1n) is 3.77. The number of nitrogens with zero attached hydrogens (tertiary/aromatic N) is 1. The van der Waals surface area contributed by atoms with Gasteiger partial charge in [-0.25, -0.2) is 5.53 Å². The summed E-state index contributed by atoms with van der Waals surface area (Å²) in [7, 11) is 0. The summed E-state index contributed by atoms with van der Waals surface area (Å²) < 4.78 is 0. The van der Waals surface area contributed by atoms with E-state index in [9.17, 15) is 4.79 Å². The molecule has 0 aromatic rings. The monoisotopic (exact) mass is 154 g/mol. The SMILES string of the molecule is C=C(N=N)C(=O)C(CC)CC. The third kappa shape index (κ3) is 2.62. The minimum absolute atomic E-state index is 0.00315. The molecular weight excluding hydrogens is 140 g/mol. The molecule has 0 aliphatic carbocycles. The van der Waals surface area contributed by atoms with Gasteiger partial charge in [0.1, 0.15) is 5.70 Å².